The molecule has 0 radical (unpaired) electrons. The molecule has 2 aliphatic rings. The van der Waals surface area contributed by atoms with Gasteiger partial charge in [-0.1, -0.05) is 23.9 Å². The molecule has 1 aromatic carbocycles. The zero-order valence-electron chi connectivity index (χ0n) is 16.1. The number of nitrogens with two attached hydrogens (primary N) is 1. The Morgan fingerprint density at radius 1 is 1.18 bits per heavy atom. The molecule has 0 unspecified atom stereocenters. The van der Waals surface area contributed by atoms with Crippen LogP contribution in [0.5, 0.6) is 0 Å². The van der Waals surface area contributed by atoms with Crippen LogP contribution in [0.2, 0.25) is 0 Å². The number of aromatic nitrogens is 2. The average Bonchev–Trinajstić information content (AvgIpc) is 3.15. The zero-order chi connectivity index (χ0) is 19.6. The number of nitrogens with one attached hydrogen (secondary N) is 2. The first kappa shape index (κ1) is 19.3. The fourth-order valence-corrected chi connectivity index (χ4v) is 5.38. The smallest absolute Gasteiger partial charge is 0.278 e. The van der Waals surface area contributed by atoms with Gasteiger partial charge in [-0.3, -0.25) is 9.59 Å². The number of fused-ring (bicyclic) bond motifs is 1. The Morgan fingerprint density at radius 2 is 1.89 bits per heavy atom. The average molecular weight is 403 g/mol. The van der Waals surface area contributed by atoms with Crippen molar-refractivity contribution >= 4 is 34.6 Å². The van der Waals surface area contributed by atoms with Gasteiger partial charge in [-0.2, -0.15) is 0 Å². The van der Waals surface area contributed by atoms with E-state index in [1.54, 1.807) is 0 Å². The Hall–Kier alpha value is -2.06. The van der Waals surface area contributed by atoms with Gasteiger partial charge in [0.2, 0.25) is 5.91 Å². The van der Waals surface area contributed by atoms with E-state index in [1.807, 2.05) is 29.2 Å². The predicted octanol–water partition coefficient (Wildman–Crippen LogP) is 0.570. The summed E-state index contributed by atoms with van der Waals surface area (Å²) in [6.07, 6.45) is 4.88. The monoisotopic (exact) mass is 402 g/mol. The minimum atomic E-state index is -0.497. The lowest BCUT2D eigenvalue weighted by Crippen LogP contribution is -3.22. The summed E-state index contributed by atoms with van der Waals surface area (Å²) in [6.45, 7) is 3.23. The highest BCUT2D eigenvalue weighted by Gasteiger charge is 2.49. The van der Waals surface area contributed by atoms with Crippen LogP contribution in [0.1, 0.15) is 32.1 Å². The third-order valence-corrected chi connectivity index (χ3v) is 7.13. The van der Waals surface area contributed by atoms with E-state index < -0.39 is 5.54 Å². The van der Waals surface area contributed by atoms with Crippen molar-refractivity contribution in [3.8, 4) is 0 Å². The van der Waals surface area contributed by atoms with Crippen LogP contribution < -0.4 is 10.6 Å². The van der Waals surface area contributed by atoms with E-state index in [0.717, 1.165) is 42.1 Å². The molecule has 28 heavy (non-hydrogen) atoms. The van der Waals surface area contributed by atoms with Crippen LogP contribution >= 0.6 is 11.8 Å². The highest BCUT2D eigenvalue weighted by molar-refractivity contribution is 7.99. The third kappa shape index (κ3) is 3.75. The van der Waals surface area contributed by atoms with Gasteiger partial charge in [0.15, 0.2) is 10.7 Å². The van der Waals surface area contributed by atoms with Gasteiger partial charge < -0.3 is 20.5 Å². The quantitative estimate of drug-likeness (QED) is 0.637. The molecule has 8 heteroatoms. The van der Waals surface area contributed by atoms with E-state index in [9.17, 15) is 9.59 Å². The number of carbonyl (C=O) groups is 2. The highest BCUT2D eigenvalue weighted by atomic mass is 32.2. The normalized spacial score (nSPS) is 20.4. The standard InChI is InChI=1S/C20H27N5O2S/c21-18(27)20(25-10-4-1-5-11-25)8-12-24(13-9-20)17(26)14-28-19-22-15-6-2-3-7-16(15)23-19/h2-3,6-7H,1,4-5,8-14H2,(H2,21,27)(H,22,23)/p+1. The van der Waals surface area contributed by atoms with Crippen molar-refractivity contribution in [1.29, 1.82) is 0 Å². The number of hydrogen-bond acceptors (Lipinski definition) is 4. The maximum absolute atomic E-state index is 12.7. The molecular weight excluding hydrogens is 374 g/mol. The number of primary amides is 1. The number of aromatic amines is 1. The van der Waals surface area contributed by atoms with Crippen molar-refractivity contribution < 1.29 is 14.5 Å². The Kier molecular flexibility index (Phi) is 5.59. The van der Waals surface area contributed by atoms with Crippen molar-refractivity contribution in [1.82, 2.24) is 14.9 Å². The molecule has 2 fully saturated rings. The number of amides is 2. The lowest BCUT2D eigenvalue weighted by atomic mass is 9.83. The SMILES string of the molecule is NC(=O)C1([NH+]2CCCCC2)CCN(C(=O)CSc2nc3ccccc3[nH]2)CC1. The minimum Gasteiger partial charge on any atom is -0.364 e. The van der Waals surface area contributed by atoms with Crippen molar-refractivity contribution in [3.63, 3.8) is 0 Å². The molecule has 0 bridgehead atoms. The molecule has 0 aliphatic carbocycles. The van der Waals surface area contributed by atoms with Crippen LogP contribution in [0.4, 0.5) is 0 Å². The fraction of sp³-hybridized carbons (Fsp3) is 0.550. The van der Waals surface area contributed by atoms with Crippen LogP contribution in [-0.4, -0.2) is 64.2 Å². The first-order valence-corrected chi connectivity index (χ1v) is 11.1. The number of quaternary nitrogens is 1. The van der Waals surface area contributed by atoms with Crippen molar-refractivity contribution in [2.24, 2.45) is 5.73 Å². The van der Waals surface area contributed by atoms with Crippen LogP contribution in [0.3, 0.4) is 0 Å². The fourth-order valence-electron chi connectivity index (χ4n) is 4.59. The molecule has 0 spiro atoms. The molecule has 2 amide bonds. The molecule has 2 aliphatic heterocycles. The van der Waals surface area contributed by atoms with Gasteiger partial charge in [-0.15, -0.1) is 0 Å². The summed E-state index contributed by atoms with van der Waals surface area (Å²) in [5.41, 5.74) is 7.24. The van der Waals surface area contributed by atoms with E-state index in [1.165, 1.54) is 23.1 Å². The molecule has 2 saturated heterocycles. The van der Waals surface area contributed by atoms with E-state index in [4.69, 9.17) is 5.73 Å². The number of thioether (sulfide) groups is 1. The molecule has 4 rings (SSSR count). The van der Waals surface area contributed by atoms with Gasteiger partial charge in [0, 0.05) is 25.9 Å². The largest absolute Gasteiger partial charge is 0.364 e. The van der Waals surface area contributed by atoms with Crippen LogP contribution in [-0.2, 0) is 9.59 Å². The van der Waals surface area contributed by atoms with E-state index in [2.05, 4.69) is 9.97 Å². The molecule has 150 valence electrons. The van der Waals surface area contributed by atoms with E-state index in [0.29, 0.717) is 31.7 Å². The summed E-state index contributed by atoms with van der Waals surface area (Å²) >= 11 is 1.43. The van der Waals surface area contributed by atoms with Crippen LogP contribution in [0.15, 0.2) is 29.4 Å². The van der Waals surface area contributed by atoms with Gasteiger partial charge in [-0.25, -0.2) is 4.98 Å². The molecular formula is C20H28N5O2S+. The maximum Gasteiger partial charge on any atom is 0.278 e. The van der Waals surface area contributed by atoms with Gasteiger partial charge in [0.1, 0.15) is 0 Å². The van der Waals surface area contributed by atoms with Gasteiger partial charge in [0.25, 0.3) is 5.91 Å². The third-order valence-electron chi connectivity index (χ3n) is 6.28. The number of imidazole rings is 1. The summed E-state index contributed by atoms with van der Waals surface area (Å²) in [5.74, 6) is 0.241. The molecule has 7 nitrogen and oxygen atoms in total. The molecule has 0 atom stereocenters. The van der Waals surface area contributed by atoms with Crippen molar-refractivity contribution in [2.75, 3.05) is 31.9 Å². The number of rotatable bonds is 5. The number of para-hydroxylation sites is 2. The number of likely N-dealkylation sites (tertiary alicyclic amines) is 2. The first-order valence-electron chi connectivity index (χ1n) is 10.1. The lowest BCUT2D eigenvalue weighted by Gasteiger charge is -2.45. The topological polar surface area (TPSA) is 96.5 Å². The summed E-state index contributed by atoms with van der Waals surface area (Å²) in [4.78, 5) is 36.0. The molecule has 4 N–H and O–H groups in total. The molecule has 0 saturated carbocycles. The molecule has 3 heterocycles. The summed E-state index contributed by atoms with van der Waals surface area (Å²) in [5, 5.41) is 0.760. The predicted molar refractivity (Wildman–Crippen MR) is 109 cm³/mol. The van der Waals surface area contributed by atoms with Crippen LogP contribution in [0.25, 0.3) is 11.0 Å². The molecule has 2 aromatic rings. The Bertz CT molecular complexity index is 820. The Balaban J connectivity index is 1.34. The summed E-state index contributed by atoms with van der Waals surface area (Å²) in [6, 6.07) is 7.84. The van der Waals surface area contributed by atoms with E-state index >= 15 is 0 Å². The van der Waals surface area contributed by atoms with Crippen LogP contribution in [0, 0.1) is 0 Å². The highest BCUT2D eigenvalue weighted by Crippen LogP contribution is 2.23. The van der Waals surface area contributed by atoms with Gasteiger partial charge in [-0.05, 0) is 31.4 Å². The number of nitrogens with zero attached hydrogens (tertiary/aromatic N) is 2. The lowest BCUT2D eigenvalue weighted by molar-refractivity contribution is -0.948. The molecule has 1 aromatic heterocycles. The number of carbonyl (C=O) groups excluding carboxylic acids is 2. The Morgan fingerprint density at radius 3 is 2.57 bits per heavy atom. The summed E-state index contributed by atoms with van der Waals surface area (Å²) < 4.78 is 0. The van der Waals surface area contributed by atoms with Gasteiger partial charge in [0.05, 0.1) is 29.9 Å². The second kappa shape index (κ2) is 8.13. The van der Waals surface area contributed by atoms with Crippen molar-refractivity contribution in [3.05, 3.63) is 24.3 Å². The minimum absolute atomic E-state index is 0.0946. The second-order valence-corrected chi connectivity index (χ2v) is 8.80. The van der Waals surface area contributed by atoms with Gasteiger partial charge >= 0.3 is 0 Å². The van der Waals surface area contributed by atoms with E-state index in [-0.39, 0.29) is 11.8 Å². The van der Waals surface area contributed by atoms with Crippen molar-refractivity contribution in [2.45, 2.75) is 42.8 Å². The first-order chi connectivity index (χ1) is 13.6. The Labute approximate surface area is 169 Å². The summed E-state index contributed by atoms with van der Waals surface area (Å²) in [7, 11) is 0. The maximum atomic E-state index is 12.7. The number of piperidine rings is 2. The number of benzene rings is 1. The number of hydrogen-bond donors (Lipinski definition) is 3. The number of H-pyrrole nitrogens is 1. The zero-order valence-corrected chi connectivity index (χ0v) is 16.9. The second-order valence-electron chi connectivity index (χ2n) is 7.84.